The summed E-state index contributed by atoms with van der Waals surface area (Å²) >= 11 is 0. The maximum Gasteiger partial charge on any atom is 0.337 e. The molecule has 21 heavy (non-hydrogen) atoms. The van der Waals surface area contributed by atoms with E-state index >= 15 is 0 Å². The Morgan fingerprint density at radius 1 is 1.10 bits per heavy atom. The van der Waals surface area contributed by atoms with E-state index in [4.69, 9.17) is 4.74 Å². The molecule has 106 valence electrons. The molecule has 0 amide bonds. The van der Waals surface area contributed by atoms with Crippen LogP contribution in [-0.2, 0) is 11.2 Å². The first-order valence-corrected chi connectivity index (χ1v) is 6.88. The molecule has 0 saturated heterocycles. The zero-order chi connectivity index (χ0) is 14.8. The van der Waals surface area contributed by atoms with Gasteiger partial charge in [0.2, 0.25) is 0 Å². The fraction of sp³-hybridized carbons (Fsp3) is 0.167. The van der Waals surface area contributed by atoms with Gasteiger partial charge in [-0.1, -0.05) is 24.3 Å². The predicted molar refractivity (Wildman–Crippen MR) is 82.1 cm³/mol. The standard InChI is InChI=1S/C18H16O3/c1-21-18(20)13-4-2-12(3-5-13)14-6-7-16-11-17(19)9-8-15(16)10-14/h2-5,8-11,19H,6-7H2,1H3. The van der Waals surface area contributed by atoms with Gasteiger partial charge in [-0.15, -0.1) is 0 Å². The lowest BCUT2D eigenvalue weighted by Crippen LogP contribution is -2.02. The number of phenolic OH excluding ortho intramolecular Hbond substituents is 1. The molecule has 1 N–H and O–H groups in total. The van der Waals surface area contributed by atoms with Crippen molar-refractivity contribution in [3.8, 4) is 5.75 Å². The van der Waals surface area contributed by atoms with Crippen molar-refractivity contribution in [2.45, 2.75) is 12.8 Å². The molecule has 0 bridgehead atoms. The number of allylic oxidation sites excluding steroid dienone is 1. The summed E-state index contributed by atoms with van der Waals surface area (Å²) < 4.78 is 4.70. The number of ether oxygens (including phenoxy) is 1. The van der Waals surface area contributed by atoms with E-state index in [0.29, 0.717) is 11.3 Å². The van der Waals surface area contributed by atoms with Crippen LogP contribution in [0.25, 0.3) is 11.6 Å². The Hall–Kier alpha value is -2.55. The molecule has 3 heteroatoms. The first-order chi connectivity index (χ1) is 10.2. The first-order valence-electron chi connectivity index (χ1n) is 6.88. The molecule has 1 aliphatic carbocycles. The Balaban J connectivity index is 1.91. The minimum absolute atomic E-state index is 0.313. The van der Waals surface area contributed by atoms with Crippen molar-refractivity contribution >= 4 is 17.6 Å². The third-order valence-corrected chi connectivity index (χ3v) is 3.80. The first kappa shape index (κ1) is 13.4. The highest BCUT2D eigenvalue weighted by molar-refractivity contribution is 5.90. The van der Waals surface area contributed by atoms with Crippen molar-refractivity contribution < 1.29 is 14.6 Å². The number of aromatic hydroxyl groups is 1. The molecule has 0 heterocycles. The van der Waals surface area contributed by atoms with Crippen molar-refractivity contribution in [2.24, 2.45) is 0 Å². The average molecular weight is 280 g/mol. The van der Waals surface area contributed by atoms with Crippen LogP contribution in [0, 0.1) is 0 Å². The highest BCUT2D eigenvalue weighted by Gasteiger charge is 2.13. The molecule has 3 nitrogen and oxygen atoms in total. The number of carbonyl (C=O) groups is 1. The smallest absolute Gasteiger partial charge is 0.337 e. The zero-order valence-corrected chi connectivity index (χ0v) is 11.8. The maximum absolute atomic E-state index is 11.4. The van der Waals surface area contributed by atoms with E-state index in [2.05, 4.69) is 6.08 Å². The Morgan fingerprint density at radius 2 is 1.86 bits per heavy atom. The molecule has 0 aromatic heterocycles. The van der Waals surface area contributed by atoms with Crippen molar-refractivity contribution in [1.82, 2.24) is 0 Å². The number of methoxy groups -OCH3 is 1. The van der Waals surface area contributed by atoms with Gasteiger partial charge in [0.25, 0.3) is 0 Å². The Kier molecular flexibility index (Phi) is 3.48. The molecule has 0 saturated carbocycles. The summed E-state index contributed by atoms with van der Waals surface area (Å²) in [4.78, 5) is 11.4. The Labute approximate surface area is 123 Å². The largest absolute Gasteiger partial charge is 0.508 e. The predicted octanol–water partition coefficient (Wildman–Crippen LogP) is 3.67. The lowest BCUT2D eigenvalue weighted by molar-refractivity contribution is 0.0600. The van der Waals surface area contributed by atoms with Crippen molar-refractivity contribution in [3.63, 3.8) is 0 Å². The topological polar surface area (TPSA) is 46.5 Å². The van der Waals surface area contributed by atoms with Crippen LogP contribution >= 0.6 is 0 Å². The summed E-state index contributed by atoms with van der Waals surface area (Å²) in [5, 5.41) is 9.51. The van der Waals surface area contributed by atoms with Gasteiger partial charge >= 0.3 is 5.97 Å². The molecule has 0 atom stereocenters. The molecular weight excluding hydrogens is 264 g/mol. The third-order valence-electron chi connectivity index (χ3n) is 3.80. The van der Waals surface area contributed by atoms with Gasteiger partial charge in [-0.3, -0.25) is 0 Å². The summed E-state index contributed by atoms with van der Waals surface area (Å²) in [6, 6.07) is 12.9. The molecule has 1 aliphatic rings. The molecule has 0 fully saturated rings. The average Bonchev–Trinajstić information content (AvgIpc) is 2.53. The highest BCUT2D eigenvalue weighted by atomic mass is 16.5. The summed E-state index contributed by atoms with van der Waals surface area (Å²) in [5.74, 6) is -0.00646. The van der Waals surface area contributed by atoms with Crippen LogP contribution in [-0.4, -0.2) is 18.2 Å². The number of hydrogen-bond acceptors (Lipinski definition) is 3. The van der Waals surface area contributed by atoms with Crippen LogP contribution in [0.1, 0.15) is 33.5 Å². The van der Waals surface area contributed by atoms with Gasteiger partial charge in [0.15, 0.2) is 0 Å². The van der Waals surface area contributed by atoms with E-state index < -0.39 is 0 Å². The van der Waals surface area contributed by atoms with Crippen LogP contribution in [0.4, 0.5) is 0 Å². The third kappa shape index (κ3) is 2.68. The normalized spacial score (nSPS) is 13.3. The minimum atomic E-state index is -0.319. The van der Waals surface area contributed by atoms with Crippen molar-refractivity contribution in [3.05, 3.63) is 64.7 Å². The molecule has 2 aromatic rings. The Bertz CT molecular complexity index is 712. The van der Waals surface area contributed by atoms with E-state index in [9.17, 15) is 9.90 Å². The summed E-state index contributed by atoms with van der Waals surface area (Å²) in [7, 11) is 1.38. The lowest BCUT2D eigenvalue weighted by Gasteiger charge is -2.17. The fourth-order valence-corrected chi connectivity index (χ4v) is 2.64. The minimum Gasteiger partial charge on any atom is -0.508 e. The number of benzene rings is 2. The second-order valence-corrected chi connectivity index (χ2v) is 5.12. The molecule has 0 radical (unpaired) electrons. The van der Waals surface area contributed by atoms with Gasteiger partial charge in [0, 0.05) is 0 Å². The van der Waals surface area contributed by atoms with E-state index in [1.165, 1.54) is 18.2 Å². The van der Waals surface area contributed by atoms with E-state index in [0.717, 1.165) is 24.0 Å². The van der Waals surface area contributed by atoms with E-state index in [1.54, 1.807) is 18.2 Å². The molecule has 0 unspecified atom stereocenters. The SMILES string of the molecule is COC(=O)c1ccc(C2=Cc3ccc(O)cc3CC2)cc1. The molecule has 3 rings (SSSR count). The Morgan fingerprint density at radius 3 is 2.57 bits per heavy atom. The zero-order valence-electron chi connectivity index (χ0n) is 11.8. The summed E-state index contributed by atoms with van der Waals surface area (Å²) in [6.07, 6.45) is 3.98. The number of fused-ring (bicyclic) bond motifs is 1. The lowest BCUT2D eigenvalue weighted by atomic mass is 9.88. The summed E-state index contributed by atoms with van der Waals surface area (Å²) in [6.45, 7) is 0. The van der Waals surface area contributed by atoms with Gasteiger partial charge in [0.05, 0.1) is 12.7 Å². The van der Waals surface area contributed by atoms with Crippen LogP contribution in [0.15, 0.2) is 42.5 Å². The monoisotopic (exact) mass is 280 g/mol. The number of esters is 1. The van der Waals surface area contributed by atoms with E-state index in [1.807, 2.05) is 24.3 Å². The number of rotatable bonds is 2. The van der Waals surface area contributed by atoms with Crippen molar-refractivity contribution in [1.29, 1.82) is 0 Å². The van der Waals surface area contributed by atoms with Gasteiger partial charge in [-0.2, -0.15) is 0 Å². The van der Waals surface area contributed by atoms with Gasteiger partial charge in [-0.25, -0.2) is 4.79 Å². The van der Waals surface area contributed by atoms with Gasteiger partial charge < -0.3 is 9.84 Å². The number of phenols is 1. The highest BCUT2D eigenvalue weighted by Crippen LogP contribution is 2.32. The number of carbonyl (C=O) groups excluding carboxylic acids is 1. The molecule has 2 aromatic carbocycles. The van der Waals surface area contributed by atoms with Crippen LogP contribution in [0.5, 0.6) is 5.75 Å². The van der Waals surface area contributed by atoms with Gasteiger partial charge in [-0.05, 0) is 59.4 Å². The summed E-state index contributed by atoms with van der Waals surface area (Å²) in [5.41, 5.74) is 5.23. The number of hydrogen-bond donors (Lipinski definition) is 1. The second kappa shape index (κ2) is 5.44. The number of aryl methyl sites for hydroxylation is 1. The van der Waals surface area contributed by atoms with E-state index in [-0.39, 0.29) is 5.97 Å². The van der Waals surface area contributed by atoms with Crippen LogP contribution in [0.3, 0.4) is 0 Å². The van der Waals surface area contributed by atoms with Crippen LogP contribution < -0.4 is 0 Å². The van der Waals surface area contributed by atoms with Crippen molar-refractivity contribution in [2.75, 3.05) is 7.11 Å². The quantitative estimate of drug-likeness (QED) is 0.854. The maximum atomic E-state index is 11.4. The molecular formula is C18H16O3. The molecule has 0 spiro atoms. The van der Waals surface area contributed by atoms with Crippen LogP contribution in [0.2, 0.25) is 0 Å². The van der Waals surface area contributed by atoms with Gasteiger partial charge in [0.1, 0.15) is 5.75 Å². The second-order valence-electron chi connectivity index (χ2n) is 5.12. The fourth-order valence-electron chi connectivity index (χ4n) is 2.64. The molecule has 0 aliphatic heterocycles.